The Hall–Kier alpha value is -2.06. The van der Waals surface area contributed by atoms with E-state index < -0.39 is 0 Å². The molecule has 1 aliphatic heterocycles. The molecule has 1 saturated carbocycles. The van der Waals surface area contributed by atoms with Crippen molar-refractivity contribution < 1.29 is 14.3 Å². The summed E-state index contributed by atoms with van der Waals surface area (Å²) in [4.78, 5) is 33.6. The molecule has 2 aliphatic rings. The van der Waals surface area contributed by atoms with Crippen LogP contribution in [0.4, 0.5) is 5.69 Å². The van der Waals surface area contributed by atoms with Gasteiger partial charge in [0, 0.05) is 22.4 Å². The number of anilines is 1. The fourth-order valence-electron chi connectivity index (χ4n) is 4.17. The van der Waals surface area contributed by atoms with E-state index >= 15 is 0 Å². The van der Waals surface area contributed by atoms with E-state index in [1.165, 1.54) is 36.6 Å². The van der Waals surface area contributed by atoms with Crippen LogP contribution in [0.2, 0.25) is 0 Å². The third kappa shape index (κ3) is 4.90. The van der Waals surface area contributed by atoms with Gasteiger partial charge in [-0.2, -0.15) is 0 Å². The van der Waals surface area contributed by atoms with Crippen molar-refractivity contribution in [2.24, 2.45) is 5.92 Å². The molecule has 2 heterocycles. The normalized spacial score (nSPS) is 22.9. The molecule has 1 N–H and O–H groups in total. The second-order valence-corrected chi connectivity index (χ2v) is 10.7. The summed E-state index contributed by atoms with van der Waals surface area (Å²) in [5, 5.41) is 5.22. The number of amides is 1. The zero-order chi connectivity index (χ0) is 22.0. The number of nitrogens with one attached hydrogen (secondary N) is 1. The maximum Gasteiger partial charge on any atom is 0.338 e. The Balaban J connectivity index is 1.42. The van der Waals surface area contributed by atoms with Gasteiger partial charge in [-0.15, -0.1) is 11.8 Å². The Morgan fingerprint density at radius 1 is 1.26 bits per heavy atom. The quantitative estimate of drug-likeness (QED) is 0.365. The maximum absolute atomic E-state index is 12.8. The van der Waals surface area contributed by atoms with E-state index in [9.17, 15) is 9.59 Å². The molecule has 0 radical (unpaired) electrons. The topological polar surface area (TPSA) is 81.2 Å². The minimum Gasteiger partial charge on any atom is -0.462 e. The average Bonchev–Trinajstić information content (AvgIpc) is 3.12. The minimum absolute atomic E-state index is 0.0966. The molecule has 31 heavy (non-hydrogen) atoms. The molecule has 0 spiro atoms. The Morgan fingerprint density at radius 2 is 2.03 bits per heavy atom. The fraction of sp³-hybridized carbons (Fsp3) is 0.478. The van der Waals surface area contributed by atoms with Crippen LogP contribution in [-0.2, 0) is 9.53 Å². The standard InChI is InChI=1S/C23H27N3O3S2/c1-4-29-23(28)15-6-8-16(9-7-15)26-20(27)14(3)30-21-19-17-10-5-13(2)11-18(17)31-22(19)25-12-24-21/h6-9,12-14,17-18H,4-5,10-11H2,1-3H3,(H,26,27). The van der Waals surface area contributed by atoms with Crippen LogP contribution in [0.1, 0.15) is 61.9 Å². The fourth-order valence-corrected chi connectivity index (χ4v) is 6.85. The van der Waals surface area contributed by atoms with Gasteiger partial charge in [-0.25, -0.2) is 14.8 Å². The lowest BCUT2D eigenvalue weighted by Gasteiger charge is -2.29. The molecule has 8 heteroatoms. The van der Waals surface area contributed by atoms with E-state index in [1.807, 2.05) is 18.7 Å². The van der Waals surface area contributed by atoms with Crippen molar-refractivity contribution in [1.29, 1.82) is 0 Å². The van der Waals surface area contributed by atoms with Crippen molar-refractivity contribution in [3.8, 4) is 0 Å². The van der Waals surface area contributed by atoms with Gasteiger partial charge in [0.1, 0.15) is 16.4 Å². The molecular formula is C23H27N3O3S2. The van der Waals surface area contributed by atoms with Gasteiger partial charge in [-0.05, 0) is 56.9 Å². The first kappa shape index (κ1) is 22.1. The van der Waals surface area contributed by atoms with Gasteiger partial charge in [0.25, 0.3) is 0 Å². The van der Waals surface area contributed by atoms with E-state index in [1.54, 1.807) is 37.5 Å². The molecule has 6 nitrogen and oxygen atoms in total. The number of thioether (sulfide) groups is 2. The molecule has 2 aromatic rings. The summed E-state index contributed by atoms with van der Waals surface area (Å²) in [6.45, 7) is 6.32. The monoisotopic (exact) mass is 457 g/mol. The number of hydrogen-bond donors (Lipinski definition) is 1. The van der Waals surface area contributed by atoms with Crippen molar-refractivity contribution in [3.63, 3.8) is 0 Å². The number of carbonyl (C=O) groups excluding carboxylic acids is 2. The van der Waals surface area contributed by atoms with Gasteiger partial charge in [-0.1, -0.05) is 25.1 Å². The largest absolute Gasteiger partial charge is 0.462 e. The highest BCUT2D eigenvalue weighted by molar-refractivity contribution is 8.01. The van der Waals surface area contributed by atoms with Gasteiger partial charge in [0.2, 0.25) is 5.91 Å². The summed E-state index contributed by atoms with van der Waals surface area (Å²) in [7, 11) is 0. The summed E-state index contributed by atoms with van der Waals surface area (Å²) < 4.78 is 4.99. The van der Waals surface area contributed by atoms with Gasteiger partial charge in [0.05, 0.1) is 17.4 Å². The maximum atomic E-state index is 12.8. The van der Waals surface area contributed by atoms with Crippen molar-refractivity contribution in [1.82, 2.24) is 9.97 Å². The highest BCUT2D eigenvalue weighted by Gasteiger charge is 2.40. The molecule has 1 fully saturated rings. The molecule has 164 valence electrons. The van der Waals surface area contributed by atoms with Crippen LogP contribution < -0.4 is 5.32 Å². The first-order valence-electron chi connectivity index (χ1n) is 10.7. The lowest BCUT2D eigenvalue weighted by Crippen LogP contribution is -2.24. The highest BCUT2D eigenvalue weighted by atomic mass is 32.2. The van der Waals surface area contributed by atoms with Gasteiger partial charge in [-0.3, -0.25) is 4.79 Å². The van der Waals surface area contributed by atoms with Crippen LogP contribution >= 0.6 is 23.5 Å². The SMILES string of the molecule is CCOC(=O)c1ccc(NC(=O)C(C)Sc2ncnc3c2C2CCC(C)CC2S3)cc1. The molecular weight excluding hydrogens is 430 g/mol. The molecule has 0 saturated heterocycles. The molecule has 4 atom stereocenters. The van der Waals surface area contributed by atoms with E-state index in [-0.39, 0.29) is 17.1 Å². The summed E-state index contributed by atoms with van der Waals surface area (Å²) >= 11 is 3.38. The number of aromatic nitrogens is 2. The number of hydrogen-bond acceptors (Lipinski definition) is 7. The first-order valence-corrected chi connectivity index (χ1v) is 12.5. The lowest BCUT2D eigenvalue weighted by atomic mass is 9.80. The third-order valence-corrected chi connectivity index (χ3v) is 8.31. The van der Waals surface area contributed by atoms with Crippen molar-refractivity contribution in [2.75, 3.05) is 11.9 Å². The summed E-state index contributed by atoms with van der Waals surface area (Å²) in [6, 6.07) is 6.75. The van der Waals surface area contributed by atoms with Crippen LogP contribution in [-0.4, -0.2) is 39.0 Å². The number of nitrogens with zero attached hydrogens (tertiary/aromatic N) is 2. The predicted octanol–water partition coefficient (Wildman–Crippen LogP) is 5.15. The van der Waals surface area contributed by atoms with Gasteiger partial charge in [0.15, 0.2) is 0 Å². The Kier molecular flexibility index (Phi) is 6.86. The Morgan fingerprint density at radius 3 is 2.77 bits per heavy atom. The highest BCUT2D eigenvalue weighted by Crippen LogP contribution is 2.54. The number of carbonyl (C=O) groups is 2. The summed E-state index contributed by atoms with van der Waals surface area (Å²) in [6.07, 6.45) is 5.24. The van der Waals surface area contributed by atoms with E-state index in [0.717, 1.165) is 16.0 Å². The molecule has 4 unspecified atom stereocenters. The van der Waals surface area contributed by atoms with Crippen molar-refractivity contribution in [3.05, 3.63) is 41.7 Å². The Labute approximate surface area is 191 Å². The van der Waals surface area contributed by atoms with Crippen LogP contribution in [0.5, 0.6) is 0 Å². The lowest BCUT2D eigenvalue weighted by molar-refractivity contribution is -0.115. The molecule has 0 bridgehead atoms. The molecule has 1 aromatic carbocycles. The van der Waals surface area contributed by atoms with Gasteiger partial charge >= 0.3 is 5.97 Å². The number of rotatable bonds is 6. The number of fused-ring (bicyclic) bond motifs is 3. The molecule has 1 aromatic heterocycles. The minimum atomic E-state index is -0.366. The van der Waals surface area contributed by atoms with Crippen LogP contribution in [0.15, 0.2) is 40.6 Å². The number of ether oxygens (including phenoxy) is 1. The van der Waals surface area contributed by atoms with Crippen LogP contribution in [0.3, 0.4) is 0 Å². The summed E-state index contributed by atoms with van der Waals surface area (Å²) in [5.41, 5.74) is 2.36. The van der Waals surface area contributed by atoms with Crippen molar-refractivity contribution in [2.45, 2.75) is 66.5 Å². The molecule has 1 aliphatic carbocycles. The van der Waals surface area contributed by atoms with Crippen LogP contribution in [0.25, 0.3) is 0 Å². The van der Waals surface area contributed by atoms with Crippen molar-refractivity contribution >= 4 is 41.1 Å². The average molecular weight is 458 g/mol. The smallest absolute Gasteiger partial charge is 0.338 e. The number of benzene rings is 1. The van der Waals surface area contributed by atoms with Crippen LogP contribution in [0, 0.1) is 5.92 Å². The first-order chi connectivity index (χ1) is 15.0. The van der Waals surface area contributed by atoms with E-state index in [4.69, 9.17) is 4.74 Å². The third-order valence-electron chi connectivity index (χ3n) is 5.82. The second-order valence-electron chi connectivity index (χ2n) is 8.13. The predicted molar refractivity (Wildman–Crippen MR) is 124 cm³/mol. The van der Waals surface area contributed by atoms with Gasteiger partial charge < -0.3 is 10.1 Å². The van der Waals surface area contributed by atoms with E-state index in [0.29, 0.717) is 29.0 Å². The number of esters is 1. The Bertz CT molecular complexity index is 967. The second kappa shape index (κ2) is 9.61. The summed E-state index contributed by atoms with van der Waals surface area (Å²) in [5.74, 6) is 0.786. The zero-order valence-corrected chi connectivity index (χ0v) is 19.6. The molecule has 1 amide bonds. The van der Waals surface area contributed by atoms with E-state index in [2.05, 4.69) is 22.2 Å². The molecule has 4 rings (SSSR count). The zero-order valence-electron chi connectivity index (χ0n) is 18.0.